The smallest absolute Gasteiger partial charge is 0.340 e. The van der Waals surface area contributed by atoms with Gasteiger partial charge in [0.2, 0.25) is 0 Å². The largest absolute Gasteiger partial charge is 0.457 e. The van der Waals surface area contributed by atoms with Crippen molar-refractivity contribution in [2.45, 2.75) is 12.3 Å². The van der Waals surface area contributed by atoms with Crippen molar-refractivity contribution in [3.8, 4) is 6.01 Å². The van der Waals surface area contributed by atoms with E-state index in [0.717, 1.165) is 0 Å². The summed E-state index contributed by atoms with van der Waals surface area (Å²) in [5.41, 5.74) is 0. The van der Waals surface area contributed by atoms with Gasteiger partial charge in [0.25, 0.3) is 0 Å². The van der Waals surface area contributed by atoms with Crippen LogP contribution in [0.25, 0.3) is 0 Å². The van der Waals surface area contributed by atoms with E-state index in [4.69, 9.17) is 0 Å². The van der Waals surface area contributed by atoms with Crippen molar-refractivity contribution < 1.29 is 22.3 Å². The van der Waals surface area contributed by atoms with Crippen LogP contribution in [0.5, 0.6) is 6.01 Å². The number of rotatable bonds is 4. The topological polar surface area (TPSA) is 35.0 Å². The van der Waals surface area contributed by atoms with Gasteiger partial charge in [-0.15, -0.1) is 0 Å². The Labute approximate surface area is 96.0 Å². The van der Waals surface area contributed by atoms with E-state index in [0.29, 0.717) is 3.57 Å². The summed E-state index contributed by atoms with van der Waals surface area (Å²) in [4.78, 5) is 7.04. The van der Waals surface area contributed by atoms with Crippen LogP contribution in [-0.2, 0) is 0 Å². The molecule has 84 valence electrons. The third-order valence-electron chi connectivity index (χ3n) is 1.31. The molecule has 0 aliphatic rings. The summed E-state index contributed by atoms with van der Waals surface area (Å²) in [6.45, 7) is -1.44. The molecule has 0 saturated heterocycles. The van der Waals surface area contributed by atoms with E-state index in [1.165, 1.54) is 12.4 Å². The Bertz CT molecular complexity index is 319. The summed E-state index contributed by atoms with van der Waals surface area (Å²) in [5.74, 6) is -4.19. The van der Waals surface area contributed by atoms with Crippen LogP contribution in [0.1, 0.15) is 0 Å². The van der Waals surface area contributed by atoms with Gasteiger partial charge in [-0.1, -0.05) is 0 Å². The zero-order valence-electron chi connectivity index (χ0n) is 7.13. The summed E-state index contributed by atoms with van der Waals surface area (Å²) >= 11 is 1.90. The van der Waals surface area contributed by atoms with Gasteiger partial charge in [0.15, 0.2) is 6.61 Å². The molecule has 3 nitrogen and oxygen atoms in total. The minimum Gasteiger partial charge on any atom is -0.457 e. The van der Waals surface area contributed by atoms with Gasteiger partial charge in [-0.25, -0.2) is 18.7 Å². The lowest BCUT2D eigenvalue weighted by molar-refractivity contribution is -0.149. The Morgan fingerprint density at radius 2 is 1.87 bits per heavy atom. The first-order valence-electron chi connectivity index (χ1n) is 3.68. The highest BCUT2D eigenvalue weighted by molar-refractivity contribution is 14.1. The Hall–Kier alpha value is -0.670. The number of ether oxygens (including phenoxy) is 1. The van der Waals surface area contributed by atoms with Crippen molar-refractivity contribution in [2.75, 3.05) is 6.61 Å². The van der Waals surface area contributed by atoms with Crippen molar-refractivity contribution in [3.63, 3.8) is 0 Å². The summed E-state index contributed by atoms with van der Waals surface area (Å²) < 4.78 is 53.2. The quantitative estimate of drug-likeness (QED) is 0.626. The molecule has 0 bridgehead atoms. The lowest BCUT2D eigenvalue weighted by Gasteiger charge is -2.14. The van der Waals surface area contributed by atoms with E-state index in [9.17, 15) is 17.6 Å². The van der Waals surface area contributed by atoms with Crippen molar-refractivity contribution >= 4 is 22.6 Å². The molecule has 15 heavy (non-hydrogen) atoms. The van der Waals surface area contributed by atoms with Crippen LogP contribution in [-0.4, -0.2) is 28.9 Å². The van der Waals surface area contributed by atoms with Gasteiger partial charge in [-0.2, -0.15) is 8.78 Å². The first-order valence-corrected chi connectivity index (χ1v) is 4.76. The van der Waals surface area contributed by atoms with E-state index in [-0.39, 0.29) is 6.01 Å². The fourth-order valence-electron chi connectivity index (χ4n) is 0.599. The summed E-state index contributed by atoms with van der Waals surface area (Å²) in [5, 5.41) is 0. The minimum atomic E-state index is -4.19. The van der Waals surface area contributed by atoms with Gasteiger partial charge in [0, 0.05) is 16.0 Å². The molecular weight excluding hydrogens is 331 g/mol. The highest BCUT2D eigenvalue weighted by Gasteiger charge is 2.41. The molecular formula is C7H5F4IN2O. The SMILES string of the molecule is FC(F)C(F)(F)COc1ncc(I)cn1. The molecule has 0 aliphatic heterocycles. The van der Waals surface area contributed by atoms with Gasteiger partial charge in [-0.05, 0) is 22.6 Å². The summed E-state index contributed by atoms with van der Waals surface area (Å²) in [7, 11) is 0. The Kier molecular flexibility index (Phi) is 4.05. The van der Waals surface area contributed by atoms with E-state index in [2.05, 4.69) is 14.7 Å². The molecule has 1 heterocycles. The number of nitrogens with zero attached hydrogens (tertiary/aromatic N) is 2. The molecule has 1 aromatic heterocycles. The van der Waals surface area contributed by atoms with Crippen LogP contribution in [0.3, 0.4) is 0 Å². The molecule has 0 spiro atoms. The fourth-order valence-corrected chi connectivity index (χ4v) is 0.877. The van der Waals surface area contributed by atoms with Gasteiger partial charge in [-0.3, -0.25) is 0 Å². The summed E-state index contributed by atoms with van der Waals surface area (Å²) in [6, 6.07) is -0.351. The molecule has 0 aromatic carbocycles. The molecule has 8 heteroatoms. The van der Waals surface area contributed by atoms with Crippen LogP contribution in [0.4, 0.5) is 17.6 Å². The lowest BCUT2D eigenvalue weighted by atomic mass is 10.4. The second-order valence-electron chi connectivity index (χ2n) is 2.53. The molecule has 0 amide bonds. The number of hydrogen-bond donors (Lipinski definition) is 0. The molecule has 1 rings (SSSR count). The highest BCUT2D eigenvalue weighted by atomic mass is 127. The Balaban J connectivity index is 2.54. The third-order valence-corrected chi connectivity index (χ3v) is 1.87. The zero-order valence-corrected chi connectivity index (χ0v) is 9.29. The number of halogens is 5. The Morgan fingerprint density at radius 1 is 1.33 bits per heavy atom. The van der Waals surface area contributed by atoms with Crippen molar-refractivity contribution in [1.29, 1.82) is 0 Å². The van der Waals surface area contributed by atoms with Crippen molar-refractivity contribution in [2.24, 2.45) is 0 Å². The average Bonchev–Trinajstić information content (AvgIpc) is 2.17. The standard InChI is InChI=1S/C7H5F4IN2O/c8-5(9)7(10,11)3-15-6-13-1-4(12)2-14-6/h1-2,5H,3H2. The minimum absolute atomic E-state index is 0.351. The van der Waals surface area contributed by atoms with Crippen LogP contribution in [0.15, 0.2) is 12.4 Å². The predicted molar refractivity (Wildman–Crippen MR) is 51.2 cm³/mol. The maximum atomic E-state index is 12.4. The van der Waals surface area contributed by atoms with Crippen molar-refractivity contribution in [1.82, 2.24) is 9.97 Å². The predicted octanol–water partition coefficient (Wildman–Crippen LogP) is 2.36. The fraction of sp³-hybridized carbons (Fsp3) is 0.429. The molecule has 0 fully saturated rings. The number of aromatic nitrogens is 2. The molecule has 0 unspecified atom stereocenters. The van der Waals surface area contributed by atoms with Gasteiger partial charge in [0.1, 0.15) is 0 Å². The van der Waals surface area contributed by atoms with Gasteiger partial charge in [0.05, 0.1) is 0 Å². The average molecular weight is 336 g/mol. The van der Waals surface area contributed by atoms with Crippen LogP contribution >= 0.6 is 22.6 Å². The van der Waals surface area contributed by atoms with Crippen LogP contribution in [0, 0.1) is 3.57 Å². The first kappa shape index (κ1) is 12.4. The van der Waals surface area contributed by atoms with E-state index < -0.39 is 19.0 Å². The maximum absolute atomic E-state index is 12.4. The second kappa shape index (κ2) is 4.90. The zero-order chi connectivity index (χ0) is 11.5. The normalized spacial score (nSPS) is 11.9. The highest BCUT2D eigenvalue weighted by Crippen LogP contribution is 2.23. The van der Waals surface area contributed by atoms with E-state index in [1.807, 2.05) is 22.6 Å². The maximum Gasteiger partial charge on any atom is 0.340 e. The van der Waals surface area contributed by atoms with Gasteiger partial charge >= 0.3 is 18.4 Å². The van der Waals surface area contributed by atoms with Crippen LogP contribution in [0.2, 0.25) is 0 Å². The monoisotopic (exact) mass is 336 g/mol. The number of alkyl halides is 4. The lowest BCUT2D eigenvalue weighted by Crippen LogP contribution is -2.34. The molecule has 0 N–H and O–H groups in total. The van der Waals surface area contributed by atoms with Crippen LogP contribution < -0.4 is 4.74 Å². The summed E-state index contributed by atoms with van der Waals surface area (Å²) in [6.07, 6.45) is -1.12. The third kappa shape index (κ3) is 3.76. The molecule has 1 aromatic rings. The van der Waals surface area contributed by atoms with E-state index in [1.54, 1.807) is 0 Å². The number of hydrogen-bond acceptors (Lipinski definition) is 3. The van der Waals surface area contributed by atoms with Gasteiger partial charge < -0.3 is 4.74 Å². The molecule has 0 radical (unpaired) electrons. The first-order chi connectivity index (χ1) is 6.92. The molecule has 0 aliphatic carbocycles. The molecule has 0 saturated carbocycles. The van der Waals surface area contributed by atoms with E-state index >= 15 is 0 Å². The molecule has 0 atom stereocenters. The Morgan fingerprint density at radius 3 is 2.33 bits per heavy atom. The van der Waals surface area contributed by atoms with Crippen molar-refractivity contribution in [3.05, 3.63) is 16.0 Å². The second-order valence-corrected chi connectivity index (χ2v) is 3.78.